The summed E-state index contributed by atoms with van der Waals surface area (Å²) in [5, 5.41) is 0.797. The number of nitrogens with zero attached hydrogens (tertiary/aromatic N) is 1. The third-order valence-corrected chi connectivity index (χ3v) is 5.54. The second-order valence-corrected chi connectivity index (χ2v) is 7.38. The van der Waals surface area contributed by atoms with E-state index in [-0.39, 0.29) is 5.91 Å². The SMILES string of the molecule is CN1C(=O)Cc2ccccc2/C(=C\c2ccccc2)c2c1ccc1oc(=O)ccc21. The Bertz CT molecular complexity index is 1370. The molecule has 0 atom stereocenters. The maximum absolute atomic E-state index is 13.0. The molecule has 0 saturated heterocycles. The van der Waals surface area contributed by atoms with Crippen LogP contribution in [0.1, 0.15) is 22.3 Å². The molecule has 0 aliphatic carbocycles. The van der Waals surface area contributed by atoms with E-state index in [1.165, 1.54) is 6.07 Å². The van der Waals surface area contributed by atoms with E-state index in [9.17, 15) is 9.59 Å². The fourth-order valence-corrected chi connectivity index (χ4v) is 4.05. The molecule has 3 aromatic carbocycles. The monoisotopic (exact) mass is 393 g/mol. The molecule has 2 heterocycles. The van der Waals surface area contributed by atoms with Crippen molar-refractivity contribution in [1.29, 1.82) is 0 Å². The van der Waals surface area contributed by atoms with Crippen LogP contribution in [0.3, 0.4) is 0 Å². The minimum Gasteiger partial charge on any atom is -0.423 e. The van der Waals surface area contributed by atoms with Crippen molar-refractivity contribution in [1.82, 2.24) is 0 Å². The summed E-state index contributed by atoms with van der Waals surface area (Å²) >= 11 is 0. The predicted octanol–water partition coefficient (Wildman–Crippen LogP) is 4.90. The zero-order valence-corrected chi connectivity index (χ0v) is 16.5. The number of rotatable bonds is 1. The molecule has 0 N–H and O–H groups in total. The molecule has 4 heteroatoms. The predicted molar refractivity (Wildman–Crippen MR) is 119 cm³/mol. The largest absolute Gasteiger partial charge is 0.423 e. The summed E-state index contributed by atoms with van der Waals surface area (Å²) in [6.07, 6.45) is 2.45. The van der Waals surface area contributed by atoms with Crippen LogP contribution in [-0.4, -0.2) is 13.0 Å². The van der Waals surface area contributed by atoms with Crippen LogP contribution in [0.15, 0.2) is 88.1 Å². The Morgan fingerprint density at radius 1 is 0.867 bits per heavy atom. The minimum atomic E-state index is -0.397. The molecule has 0 saturated carbocycles. The zero-order valence-electron chi connectivity index (χ0n) is 16.5. The molecule has 1 aromatic heterocycles. The average Bonchev–Trinajstić information content (AvgIpc) is 2.77. The molecule has 0 bridgehead atoms. The van der Waals surface area contributed by atoms with Crippen molar-refractivity contribution in [2.24, 2.45) is 0 Å². The van der Waals surface area contributed by atoms with Crippen LogP contribution in [-0.2, 0) is 11.2 Å². The second-order valence-electron chi connectivity index (χ2n) is 7.38. The van der Waals surface area contributed by atoms with Gasteiger partial charge in [0, 0.05) is 24.1 Å². The third kappa shape index (κ3) is 3.03. The smallest absolute Gasteiger partial charge is 0.336 e. The molecular formula is C26H19NO3. The van der Waals surface area contributed by atoms with Gasteiger partial charge in [-0.15, -0.1) is 0 Å². The molecule has 4 aromatic rings. The van der Waals surface area contributed by atoms with Crippen LogP contribution in [0, 0.1) is 0 Å². The first-order chi connectivity index (χ1) is 14.6. The molecule has 30 heavy (non-hydrogen) atoms. The van der Waals surface area contributed by atoms with Gasteiger partial charge in [0.1, 0.15) is 5.58 Å². The number of hydrogen-bond donors (Lipinski definition) is 0. The van der Waals surface area contributed by atoms with E-state index >= 15 is 0 Å². The summed E-state index contributed by atoms with van der Waals surface area (Å²) in [5.41, 5.74) is 5.79. The van der Waals surface area contributed by atoms with Gasteiger partial charge in [0.15, 0.2) is 0 Å². The molecule has 4 nitrogen and oxygen atoms in total. The number of hydrogen-bond acceptors (Lipinski definition) is 3. The topological polar surface area (TPSA) is 50.5 Å². The van der Waals surface area contributed by atoms with Gasteiger partial charge in [0.2, 0.25) is 5.91 Å². The number of carbonyl (C=O) groups is 1. The normalized spacial score (nSPS) is 14.9. The van der Waals surface area contributed by atoms with E-state index in [0.29, 0.717) is 12.0 Å². The van der Waals surface area contributed by atoms with Crippen molar-refractivity contribution in [3.63, 3.8) is 0 Å². The van der Waals surface area contributed by atoms with E-state index in [1.54, 1.807) is 24.1 Å². The molecule has 1 aliphatic rings. The summed E-state index contributed by atoms with van der Waals surface area (Å²) in [5.74, 6) is 0.0131. The van der Waals surface area contributed by atoms with Gasteiger partial charge in [-0.2, -0.15) is 0 Å². The van der Waals surface area contributed by atoms with Gasteiger partial charge < -0.3 is 9.32 Å². The van der Waals surface area contributed by atoms with E-state index in [0.717, 1.165) is 38.9 Å². The Hall–Kier alpha value is -3.92. The highest BCUT2D eigenvalue weighted by atomic mass is 16.4. The van der Waals surface area contributed by atoms with Gasteiger partial charge >= 0.3 is 5.63 Å². The van der Waals surface area contributed by atoms with Crippen molar-refractivity contribution < 1.29 is 9.21 Å². The van der Waals surface area contributed by atoms with Crippen LogP contribution >= 0.6 is 0 Å². The second kappa shape index (κ2) is 7.16. The van der Waals surface area contributed by atoms with Crippen LogP contribution in [0.4, 0.5) is 5.69 Å². The van der Waals surface area contributed by atoms with Gasteiger partial charge in [-0.25, -0.2) is 4.79 Å². The number of benzene rings is 3. The third-order valence-electron chi connectivity index (χ3n) is 5.54. The Morgan fingerprint density at radius 2 is 1.63 bits per heavy atom. The highest BCUT2D eigenvalue weighted by Gasteiger charge is 2.26. The quantitative estimate of drug-likeness (QED) is 0.432. The first-order valence-corrected chi connectivity index (χ1v) is 9.80. The van der Waals surface area contributed by atoms with Gasteiger partial charge in [-0.05, 0) is 46.5 Å². The first kappa shape index (κ1) is 18.1. The molecule has 0 radical (unpaired) electrons. The minimum absolute atomic E-state index is 0.0131. The Kier molecular flexibility index (Phi) is 4.32. The molecule has 1 aliphatic heterocycles. The molecular weight excluding hydrogens is 374 g/mol. The van der Waals surface area contributed by atoms with E-state index in [2.05, 4.69) is 6.08 Å². The number of amides is 1. The highest BCUT2D eigenvalue weighted by Crippen LogP contribution is 2.41. The first-order valence-electron chi connectivity index (χ1n) is 9.80. The summed E-state index contributed by atoms with van der Waals surface area (Å²) in [7, 11) is 1.79. The highest BCUT2D eigenvalue weighted by molar-refractivity contribution is 6.11. The van der Waals surface area contributed by atoms with Crippen molar-refractivity contribution >= 4 is 34.2 Å². The summed E-state index contributed by atoms with van der Waals surface area (Å²) < 4.78 is 5.46. The zero-order chi connectivity index (χ0) is 20.7. The molecule has 0 fully saturated rings. The number of likely N-dealkylation sites (N-methyl/N-ethyl adjacent to an activating group) is 1. The molecule has 0 unspecified atom stereocenters. The van der Waals surface area contributed by atoms with Crippen molar-refractivity contribution in [2.75, 3.05) is 11.9 Å². The van der Waals surface area contributed by atoms with Crippen molar-refractivity contribution in [2.45, 2.75) is 6.42 Å². The van der Waals surface area contributed by atoms with Gasteiger partial charge in [-0.1, -0.05) is 54.6 Å². The maximum atomic E-state index is 13.0. The Balaban J connectivity index is 1.93. The molecule has 146 valence electrons. The Labute approximate surface area is 173 Å². The standard InChI is InChI=1S/C26H19NO3/c1-27-22-12-13-23-20(11-14-25(29)30-23)26(22)21(15-17-7-3-2-4-8-17)19-10-6-5-9-18(19)16-24(27)28/h2-15H,16H2,1H3/b21-15+. The van der Waals surface area contributed by atoms with Crippen molar-refractivity contribution in [3.05, 3.63) is 112 Å². The van der Waals surface area contributed by atoms with E-state index in [1.807, 2.05) is 60.7 Å². The van der Waals surface area contributed by atoms with E-state index < -0.39 is 5.63 Å². The van der Waals surface area contributed by atoms with Crippen LogP contribution in [0.25, 0.3) is 22.6 Å². The number of anilines is 1. The van der Waals surface area contributed by atoms with Gasteiger partial charge in [0.05, 0.1) is 12.1 Å². The summed E-state index contributed by atoms with van der Waals surface area (Å²) in [4.78, 5) is 26.5. The van der Waals surface area contributed by atoms with Crippen molar-refractivity contribution in [3.8, 4) is 0 Å². The van der Waals surface area contributed by atoms with Crippen LogP contribution in [0.2, 0.25) is 0 Å². The number of fused-ring (bicyclic) bond motifs is 4. The van der Waals surface area contributed by atoms with Crippen LogP contribution in [0.5, 0.6) is 0 Å². The lowest BCUT2D eigenvalue weighted by molar-refractivity contribution is -0.117. The maximum Gasteiger partial charge on any atom is 0.336 e. The lowest BCUT2D eigenvalue weighted by Gasteiger charge is -2.27. The average molecular weight is 393 g/mol. The van der Waals surface area contributed by atoms with Gasteiger partial charge in [0.25, 0.3) is 0 Å². The Morgan fingerprint density at radius 3 is 2.47 bits per heavy atom. The van der Waals surface area contributed by atoms with Gasteiger partial charge in [-0.3, -0.25) is 4.79 Å². The number of carbonyl (C=O) groups excluding carboxylic acids is 1. The molecule has 1 amide bonds. The van der Waals surface area contributed by atoms with E-state index in [4.69, 9.17) is 4.42 Å². The lowest BCUT2D eigenvalue weighted by atomic mass is 9.86. The summed E-state index contributed by atoms with van der Waals surface area (Å²) in [6, 6.07) is 24.9. The molecule has 5 rings (SSSR count). The van der Waals surface area contributed by atoms with Crippen LogP contribution < -0.4 is 10.5 Å². The lowest BCUT2D eigenvalue weighted by Crippen LogP contribution is -2.30. The fraction of sp³-hybridized carbons (Fsp3) is 0.0769. The fourth-order valence-electron chi connectivity index (χ4n) is 4.05. The summed E-state index contributed by atoms with van der Waals surface area (Å²) in [6.45, 7) is 0. The molecule has 0 spiro atoms.